The molecule has 0 spiro atoms. The zero-order chi connectivity index (χ0) is 39.0. The molecule has 3 fully saturated rings. The van der Waals surface area contributed by atoms with Crippen LogP contribution in [0.25, 0.3) is 33.3 Å². The highest BCUT2D eigenvalue weighted by atomic mass is 16.5. The van der Waals surface area contributed by atoms with Crippen LogP contribution in [0.5, 0.6) is 0 Å². The highest BCUT2D eigenvalue weighted by Gasteiger charge is 2.52. The molecule has 3 aliphatic rings. The Kier molecular flexibility index (Phi) is 10.9. The Balaban J connectivity index is 1.07. The number of alkyl carbamates (subject to hydrolysis) is 2. The van der Waals surface area contributed by atoms with E-state index in [1.54, 1.807) is 0 Å². The van der Waals surface area contributed by atoms with Crippen molar-refractivity contribution in [2.75, 3.05) is 20.8 Å². The van der Waals surface area contributed by atoms with Crippen LogP contribution in [0.15, 0.2) is 54.7 Å². The maximum absolute atomic E-state index is 13.6. The number of fused-ring (bicyclic) bond motifs is 2. The number of aromatic nitrogens is 3. The quantitative estimate of drug-likeness (QED) is 0.105. The van der Waals surface area contributed by atoms with E-state index >= 15 is 0 Å². The lowest BCUT2D eigenvalue weighted by Gasteiger charge is -2.30. The molecule has 4 amide bonds. The number of amides is 4. The number of aromatic amines is 2. The molecule has 1 aliphatic heterocycles. The standard InChI is InChI=1S/C42H53N7O6/c1-22(2)35(47-41(52)54-5)39(50)46-37(29-16-15-27-18-30(27)29)38-43-21-33(45-38)25-11-9-24(10-12-25)26-13-14-28-20-32(44-31(28)19-26)34-8-7-17-49(34)40(51)36(23(3)4)48-42(53)55-6/h9-14,19-23,27,29-30,34-37,44H,7-8,15-18H2,1-6H3,(H,43,45)(H,46,50)(H,47,52)(H,48,53)/t27?,29?,30?,34-,35-,36-,37?/m0/s1. The molecule has 4 aromatic rings. The summed E-state index contributed by atoms with van der Waals surface area (Å²) in [5, 5.41) is 9.74. The highest BCUT2D eigenvalue weighted by Crippen LogP contribution is 2.58. The maximum Gasteiger partial charge on any atom is 0.407 e. The lowest BCUT2D eigenvalue weighted by atomic mass is 9.92. The number of likely N-dealkylation sites (tertiary alicyclic amines) is 1. The average Bonchev–Trinajstić information content (AvgIpc) is 3.69. The topological polar surface area (TPSA) is 171 Å². The second-order valence-corrected chi connectivity index (χ2v) is 16.1. The van der Waals surface area contributed by atoms with Gasteiger partial charge in [-0.1, -0.05) is 64.1 Å². The fourth-order valence-electron chi connectivity index (χ4n) is 8.73. The number of imidazole rings is 1. The summed E-state index contributed by atoms with van der Waals surface area (Å²) in [6.45, 7) is 8.26. The van der Waals surface area contributed by atoms with E-state index in [1.807, 2.05) is 38.8 Å². The lowest BCUT2D eigenvalue weighted by Crippen LogP contribution is -2.51. The first kappa shape index (κ1) is 38.0. The minimum Gasteiger partial charge on any atom is -0.453 e. The third-order valence-electron chi connectivity index (χ3n) is 11.9. The molecule has 0 bridgehead atoms. The second kappa shape index (κ2) is 15.8. The largest absolute Gasteiger partial charge is 0.453 e. The van der Waals surface area contributed by atoms with Gasteiger partial charge in [0.2, 0.25) is 11.8 Å². The monoisotopic (exact) mass is 751 g/mol. The zero-order valence-corrected chi connectivity index (χ0v) is 32.5. The number of carbonyl (C=O) groups is 4. The summed E-state index contributed by atoms with van der Waals surface area (Å²) in [6.07, 6.45) is 5.68. The predicted octanol–water partition coefficient (Wildman–Crippen LogP) is 6.85. The van der Waals surface area contributed by atoms with Crippen LogP contribution in [-0.4, -0.2) is 76.7 Å². The summed E-state index contributed by atoms with van der Waals surface area (Å²) in [5.74, 6) is 1.73. The Morgan fingerprint density at radius 3 is 2.11 bits per heavy atom. The van der Waals surface area contributed by atoms with E-state index in [1.165, 1.54) is 20.6 Å². The summed E-state index contributed by atoms with van der Waals surface area (Å²) in [7, 11) is 2.59. The molecule has 2 aliphatic carbocycles. The van der Waals surface area contributed by atoms with Crippen molar-refractivity contribution in [1.82, 2.24) is 35.8 Å². The van der Waals surface area contributed by atoms with Gasteiger partial charge in [-0.05, 0) is 95.9 Å². The van der Waals surface area contributed by atoms with Gasteiger partial charge in [-0.3, -0.25) is 9.59 Å². The number of H-pyrrole nitrogens is 2. The van der Waals surface area contributed by atoms with E-state index in [-0.39, 0.29) is 41.7 Å². The number of carbonyl (C=O) groups excluding carboxylic acids is 4. The van der Waals surface area contributed by atoms with E-state index in [0.29, 0.717) is 12.5 Å². The van der Waals surface area contributed by atoms with Crippen molar-refractivity contribution in [3.63, 3.8) is 0 Å². The Morgan fingerprint density at radius 1 is 0.800 bits per heavy atom. The van der Waals surface area contributed by atoms with Gasteiger partial charge in [-0.15, -0.1) is 0 Å². The molecule has 2 saturated carbocycles. The lowest BCUT2D eigenvalue weighted by molar-refractivity contribution is -0.135. The van der Waals surface area contributed by atoms with Crippen LogP contribution < -0.4 is 16.0 Å². The van der Waals surface area contributed by atoms with Gasteiger partial charge in [0.25, 0.3) is 0 Å². The summed E-state index contributed by atoms with van der Waals surface area (Å²) >= 11 is 0. The molecular formula is C42H53N7O6. The normalized spacial score (nSPS) is 21.9. The summed E-state index contributed by atoms with van der Waals surface area (Å²) < 4.78 is 9.56. The molecule has 13 nitrogen and oxygen atoms in total. The van der Waals surface area contributed by atoms with Gasteiger partial charge in [-0.25, -0.2) is 14.6 Å². The molecule has 7 rings (SSSR count). The highest BCUT2D eigenvalue weighted by molar-refractivity contribution is 5.89. The van der Waals surface area contributed by atoms with Gasteiger partial charge in [0.05, 0.1) is 38.2 Å². The van der Waals surface area contributed by atoms with Gasteiger partial charge in [0, 0.05) is 17.8 Å². The third kappa shape index (κ3) is 7.92. The van der Waals surface area contributed by atoms with Gasteiger partial charge >= 0.3 is 12.2 Å². The summed E-state index contributed by atoms with van der Waals surface area (Å²) in [6, 6.07) is 15.0. The fraction of sp³-hybridized carbons (Fsp3) is 0.500. The molecule has 1 saturated heterocycles. The summed E-state index contributed by atoms with van der Waals surface area (Å²) in [4.78, 5) is 65.0. The fourth-order valence-corrected chi connectivity index (χ4v) is 8.73. The molecule has 5 N–H and O–H groups in total. The van der Waals surface area contributed by atoms with E-state index < -0.39 is 24.3 Å². The summed E-state index contributed by atoms with van der Waals surface area (Å²) in [5.41, 5.74) is 5.92. The molecule has 2 aromatic carbocycles. The van der Waals surface area contributed by atoms with Crippen LogP contribution in [0.4, 0.5) is 9.59 Å². The molecular weight excluding hydrogens is 699 g/mol. The molecule has 4 unspecified atom stereocenters. The number of methoxy groups -OCH3 is 2. The van der Waals surface area contributed by atoms with Gasteiger partial charge in [0.1, 0.15) is 17.9 Å². The number of nitrogens with zero attached hydrogens (tertiary/aromatic N) is 2. The molecule has 2 aromatic heterocycles. The maximum atomic E-state index is 13.6. The van der Waals surface area contributed by atoms with E-state index in [2.05, 4.69) is 74.4 Å². The van der Waals surface area contributed by atoms with Crippen LogP contribution >= 0.6 is 0 Å². The Bertz CT molecular complexity index is 2040. The number of ether oxygens (including phenoxy) is 2. The smallest absolute Gasteiger partial charge is 0.407 e. The predicted molar refractivity (Wildman–Crippen MR) is 209 cm³/mol. The molecule has 292 valence electrons. The third-order valence-corrected chi connectivity index (χ3v) is 11.9. The van der Waals surface area contributed by atoms with Crippen LogP contribution in [0.2, 0.25) is 0 Å². The van der Waals surface area contributed by atoms with Gasteiger partial charge in [-0.2, -0.15) is 0 Å². The molecule has 13 heteroatoms. The van der Waals surface area contributed by atoms with Crippen LogP contribution in [0.1, 0.15) is 83.4 Å². The zero-order valence-electron chi connectivity index (χ0n) is 32.5. The first-order valence-electron chi connectivity index (χ1n) is 19.5. The average molecular weight is 752 g/mol. The SMILES string of the molecule is COC(=O)N[C@H](C(=O)NC(c1ncc(-c2ccc(-c3ccc4cc([C@@H]5CCCN5C(=O)[C@@H](NC(=O)OC)C(C)C)[nH]c4c3)cc2)[nH]1)C1CCC2CC21)C(C)C. The van der Waals surface area contributed by atoms with Crippen molar-refractivity contribution < 1.29 is 28.7 Å². The Labute approximate surface area is 321 Å². The minimum atomic E-state index is -0.731. The Hall–Kier alpha value is -5.33. The van der Waals surface area contributed by atoms with Gasteiger partial charge < -0.3 is 40.3 Å². The van der Waals surface area contributed by atoms with Crippen molar-refractivity contribution in [3.8, 4) is 22.4 Å². The van der Waals surface area contributed by atoms with Crippen molar-refractivity contribution in [3.05, 3.63) is 66.2 Å². The van der Waals surface area contributed by atoms with E-state index in [9.17, 15) is 19.2 Å². The van der Waals surface area contributed by atoms with Crippen molar-refractivity contribution in [1.29, 1.82) is 0 Å². The first-order valence-corrected chi connectivity index (χ1v) is 19.5. The number of hydrogen-bond acceptors (Lipinski definition) is 7. The van der Waals surface area contributed by atoms with Crippen LogP contribution in [0.3, 0.4) is 0 Å². The molecule has 7 atom stereocenters. The number of nitrogens with one attached hydrogen (secondary N) is 5. The van der Waals surface area contributed by atoms with Crippen molar-refractivity contribution in [2.45, 2.75) is 84.0 Å². The number of benzene rings is 2. The van der Waals surface area contributed by atoms with E-state index in [4.69, 9.17) is 14.5 Å². The van der Waals surface area contributed by atoms with Crippen LogP contribution in [0, 0.1) is 29.6 Å². The minimum absolute atomic E-state index is 0.0901. The first-order chi connectivity index (χ1) is 26.4. The molecule has 55 heavy (non-hydrogen) atoms. The molecule has 0 radical (unpaired) electrons. The second-order valence-electron chi connectivity index (χ2n) is 16.1. The van der Waals surface area contributed by atoms with E-state index in [0.717, 1.165) is 76.4 Å². The molecule has 3 heterocycles. The number of rotatable bonds is 12. The van der Waals surface area contributed by atoms with Crippen LogP contribution in [-0.2, 0) is 19.1 Å². The van der Waals surface area contributed by atoms with Gasteiger partial charge in [0.15, 0.2) is 0 Å². The Morgan fingerprint density at radius 2 is 1.47 bits per heavy atom. The van der Waals surface area contributed by atoms with Crippen molar-refractivity contribution >= 4 is 34.9 Å². The number of hydrogen-bond donors (Lipinski definition) is 5. The van der Waals surface area contributed by atoms with Crippen molar-refractivity contribution in [2.24, 2.45) is 29.6 Å².